The van der Waals surface area contributed by atoms with E-state index in [1.807, 2.05) is 18.2 Å². The van der Waals surface area contributed by atoms with Gasteiger partial charge in [-0.05, 0) is 24.3 Å². The van der Waals surface area contributed by atoms with Gasteiger partial charge in [0.05, 0.1) is 23.5 Å². The molecule has 0 aliphatic carbocycles. The number of nitrogens with one attached hydrogen (secondary N) is 1. The van der Waals surface area contributed by atoms with Crippen molar-refractivity contribution < 1.29 is 4.79 Å². The van der Waals surface area contributed by atoms with Crippen molar-refractivity contribution in [2.45, 2.75) is 13.0 Å². The molecule has 0 radical (unpaired) electrons. The Morgan fingerprint density at radius 1 is 1.23 bits per heavy atom. The summed E-state index contributed by atoms with van der Waals surface area (Å²) < 4.78 is 0. The monoisotopic (exact) mass is 344 g/mol. The fourth-order valence-corrected chi connectivity index (χ4v) is 3.06. The van der Waals surface area contributed by atoms with Gasteiger partial charge in [0.25, 0.3) is 0 Å². The summed E-state index contributed by atoms with van der Waals surface area (Å²) >= 11 is 0. The Balaban J connectivity index is 1.56. The lowest BCUT2D eigenvalue weighted by Crippen LogP contribution is -2.31. The quantitative estimate of drug-likeness (QED) is 0.755. The molecular formula is C19H16N6O. The van der Waals surface area contributed by atoms with Crippen LogP contribution in [-0.4, -0.2) is 27.4 Å². The van der Waals surface area contributed by atoms with Crippen LogP contribution in [0.1, 0.15) is 27.3 Å². The highest BCUT2D eigenvalue weighted by atomic mass is 16.1. The van der Waals surface area contributed by atoms with Gasteiger partial charge >= 0.3 is 0 Å². The molecule has 1 amide bonds. The number of benzene rings is 1. The molecule has 0 atom stereocenters. The number of carbonyl (C=O) groups excluding carboxylic acids is 1. The second-order valence-electron chi connectivity index (χ2n) is 6.14. The second kappa shape index (κ2) is 6.33. The normalized spacial score (nSPS) is 13.1. The summed E-state index contributed by atoms with van der Waals surface area (Å²) in [7, 11) is 0. The molecule has 2 aromatic heterocycles. The lowest BCUT2D eigenvalue weighted by molar-refractivity contribution is 0.100. The third-order valence-corrected chi connectivity index (χ3v) is 4.48. The largest absolute Gasteiger partial charge is 0.366 e. The lowest BCUT2D eigenvalue weighted by Gasteiger charge is -2.27. The Morgan fingerprint density at radius 3 is 2.69 bits per heavy atom. The van der Waals surface area contributed by atoms with Gasteiger partial charge in [-0.3, -0.25) is 4.79 Å². The fourth-order valence-electron chi connectivity index (χ4n) is 3.06. The number of hydrogen-bond acceptors (Lipinski definition) is 5. The number of primary amides is 1. The van der Waals surface area contributed by atoms with Gasteiger partial charge in [0, 0.05) is 30.3 Å². The van der Waals surface area contributed by atoms with Crippen LogP contribution in [-0.2, 0) is 13.0 Å². The molecule has 4 rings (SSSR count). The number of nitriles is 1. The van der Waals surface area contributed by atoms with Crippen LogP contribution < -0.4 is 10.6 Å². The zero-order valence-corrected chi connectivity index (χ0v) is 13.9. The number of imidazole rings is 1. The highest BCUT2D eigenvalue weighted by Crippen LogP contribution is 2.25. The number of aromatic nitrogens is 3. The summed E-state index contributed by atoms with van der Waals surface area (Å²) in [6.45, 7) is 1.50. The van der Waals surface area contributed by atoms with Crippen LogP contribution in [0.2, 0.25) is 0 Å². The Morgan fingerprint density at radius 2 is 2.04 bits per heavy atom. The molecule has 128 valence electrons. The third kappa shape index (κ3) is 2.89. The molecular weight excluding hydrogens is 328 g/mol. The maximum Gasteiger partial charge on any atom is 0.248 e. The number of amides is 1. The SMILES string of the molecule is N#Cc1ccc(N2CCc3nc(-c4ccc(C(N)=O)cc4)[nH]c3C2)nc1. The zero-order chi connectivity index (χ0) is 18.1. The highest BCUT2D eigenvalue weighted by molar-refractivity contribution is 5.93. The molecule has 7 heteroatoms. The average molecular weight is 344 g/mol. The van der Waals surface area contributed by atoms with E-state index in [1.54, 1.807) is 24.4 Å². The molecule has 1 aromatic carbocycles. The molecule has 1 aliphatic heterocycles. The van der Waals surface area contributed by atoms with Crippen LogP contribution in [0.15, 0.2) is 42.6 Å². The summed E-state index contributed by atoms with van der Waals surface area (Å²) in [5.74, 6) is 1.18. The maximum absolute atomic E-state index is 11.2. The van der Waals surface area contributed by atoms with E-state index in [-0.39, 0.29) is 0 Å². The van der Waals surface area contributed by atoms with E-state index in [9.17, 15) is 4.79 Å². The number of carbonyl (C=O) groups is 1. The summed E-state index contributed by atoms with van der Waals surface area (Å²) in [6.07, 6.45) is 2.40. The smallest absolute Gasteiger partial charge is 0.248 e. The highest BCUT2D eigenvalue weighted by Gasteiger charge is 2.21. The molecule has 7 nitrogen and oxygen atoms in total. The topological polar surface area (TPSA) is 112 Å². The van der Waals surface area contributed by atoms with E-state index in [4.69, 9.17) is 11.0 Å². The van der Waals surface area contributed by atoms with E-state index in [0.29, 0.717) is 17.7 Å². The van der Waals surface area contributed by atoms with Gasteiger partial charge in [0.2, 0.25) is 5.91 Å². The van der Waals surface area contributed by atoms with Crippen molar-refractivity contribution in [3.63, 3.8) is 0 Å². The molecule has 0 spiro atoms. The van der Waals surface area contributed by atoms with E-state index in [0.717, 1.165) is 41.6 Å². The zero-order valence-electron chi connectivity index (χ0n) is 13.9. The molecule has 0 unspecified atom stereocenters. The minimum atomic E-state index is -0.444. The third-order valence-electron chi connectivity index (χ3n) is 4.48. The first kappa shape index (κ1) is 15.8. The van der Waals surface area contributed by atoms with Gasteiger partial charge in [-0.25, -0.2) is 9.97 Å². The van der Waals surface area contributed by atoms with Gasteiger partial charge in [0.15, 0.2) is 0 Å². The van der Waals surface area contributed by atoms with Gasteiger partial charge in [0.1, 0.15) is 17.7 Å². The Labute approximate surface area is 150 Å². The number of rotatable bonds is 3. The second-order valence-corrected chi connectivity index (χ2v) is 6.14. The predicted octanol–water partition coefficient (Wildman–Crippen LogP) is 2.00. The molecule has 1 aliphatic rings. The molecule has 3 aromatic rings. The maximum atomic E-state index is 11.2. The van der Waals surface area contributed by atoms with Crippen LogP contribution >= 0.6 is 0 Å². The first-order chi connectivity index (χ1) is 12.6. The lowest BCUT2D eigenvalue weighted by atomic mass is 10.1. The van der Waals surface area contributed by atoms with Crippen molar-refractivity contribution in [1.29, 1.82) is 5.26 Å². The molecule has 0 fully saturated rings. The number of nitrogens with two attached hydrogens (primary N) is 1. The van der Waals surface area contributed by atoms with E-state index in [2.05, 4.69) is 25.9 Å². The summed E-state index contributed by atoms with van der Waals surface area (Å²) in [5.41, 5.74) is 9.31. The van der Waals surface area contributed by atoms with Gasteiger partial charge < -0.3 is 15.6 Å². The Kier molecular flexibility index (Phi) is 3.86. The van der Waals surface area contributed by atoms with Crippen LogP contribution in [0.25, 0.3) is 11.4 Å². The molecule has 26 heavy (non-hydrogen) atoms. The molecule has 0 saturated carbocycles. The average Bonchev–Trinajstić information content (AvgIpc) is 3.11. The number of anilines is 1. The van der Waals surface area contributed by atoms with E-state index >= 15 is 0 Å². The minimum Gasteiger partial charge on any atom is -0.366 e. The minimum absolute atomic E-state index is 0.444. The number of fused-ring (bicyclic) bond motifs is 1. The standard InChI is InChI=1S/C19H16N6O/c20-9-12-1-6-17(22-10-12)25-8-7-15-16(11-25)24-19(23-15)14-4-2-13(3-5-14)18(21)26/h1-6,10H,7-8,11H2,(H2,21,26)(H,23,24). The predicted molar refractivity (Wildman–Crippen MR) is 96.2 cm³/mol. The van der Waals surface area contributed by atoms with Crippen molar-refractivity contribution in [2.75, 3.05) is 11.4 Å². The van der Waals surface area contributed by atoms with Crippen LogP contribution in [0.3, 0.4) is 0 Å². The van der Waals surface area contributed by atoms with Crippen molar-refractivity contribution in [3.8, 4) is 17.5 Å². The van der Waals surface area contributed by atoms with Crippen LogP contribution in [0.4, 0.5) is 5.82 Å². The summed E-state index contributed by atoms with van der Waals surface area (Å²) in [4.78, 5) is 25.8. The van der Waals surface area contributed by atoms with E-state index in [1.165, 1.54) is 0 Å². The Bertz CT molecular complexity index is 998. The van der Waals surface area contributed by atoms with E-state index < -0.39 is 5.91 Å². The van der Waals surface area contributed by atoms with Crippen LogP contribution in [0.5, 0.6) is 0 Å². The molecule has 3 heterocycles. The van der Waals surface area contributed by atoms with Crippen molar-refractivity contribution >= 4 is 11.7 Å². The summed E-state index contributed by atoms with van der Waals surface area (Å²) in [5, 5.41) is 8.88. The van der Waals surface area contributed by atoms with Crippen molar-refractivity contribution in [2.24, 2.45) is 5.73 Å². The van der Waals surface area contributed by atoms with Gasteiger partial charge in [-0.15, -0.1) is 0 Å². The fraction of sp³-hybridized carbons (Fsp3) is 0.158. The van der Waals surface area contributed by atoms with Gasteiger partial charge in [-0.2, -0.15) is 5.26 Å². The number of aromatic amines is 1. The number of H-pyrrole nitrogens is 1. The van der Waals surface area contributed by atoms with Crippen molar-refractivity contribution in [3.05, 3.63) is 65.1 Å². The first-order valence-electron chi connectivity index (χ1n) is 8.23. The first-order valence-corrected chi connectivity index (χ1v) is 8.23. The molecule has 0 saturated heterocycles. The van der Waals surface area contributed by atoms with Crippen molar-refractivity contribution in [1.82, 2.24) is 15.0 Å². The molecule has 3 N–H and O–H groups in total. The Hall–Kier alpha value is -3.66. The number of pyridine rings is 1. The summed E-state index contributed by atoms with van der Waals surface area (Å²) in [6, 6.07) is 12.8. The molecule has 0 bridgehead atoms. The number of hydrogen-bond donors (Lipinski definition) is 2. The number of nitrogens with zero attached hydrogens (tertiary/aromatic N) is 4. The van der Waals surface area contributed by atoms with Gasteiger partial charge in [-0.1, -0.05) is 12.1 Å². The van der Waals surface area contributed by atoms with Crippen LogP contribution in [0, 0.1) is 11.3 Å².